The van der Waals surface area contributed by atoms with E-state index in [0.717, 1.165) is 13.0 Å². The second-order valence-electron chi connectivity index (χ2n) is 4.49. The molecule has 0 radical (unpaired) electrons. The Kier molecular flexibility index (Phi) is 3.66. The van der Waals surface area contributed by atoms with E-state index in [4.69, 9.17) is 10.8 Å². The van der Waals surface area contributed by atoms with E-state index in [1.54, 1.807) is 18.3 Å². The van der Waals surface area contributed by atoms with Crippen molar-refractivity contribution in [1.82, 2.24) is 9.47 Å². The minimum Gasteiger partial charge on any atom is -0.480 e. The summed E-state index contributed by atoms with van der Waals surface area (Å²) in [4.78, 5) is 24.6. The molecule has 0 aliphatic carbocycles. The standard InChI is InChI=1S/C12H17N3O3/c13-9-3-1-6-15(11(9)16)8-7-14-5-2-4-10(14)12(17)18/h1,3,6,10H,2,4-5,7-8,13H2,(H,17,18)/t10-/m0/s1. The van der Waals surface area contributed by atoms with Gasteiger partial charge in [-0.25, -0.2) is 0 Å². The second kappa shape index (κ2) is 5.22. The first-order valence-corrected chi connectivity index (χ1v) is 6.01. The number of nitrogens with two attached hydrogens (primary N) is 1. The molecule has 2 heterocycles. The van der Waals surface area contributed by atoms with Crippen LogP contribution in [0.1, 0.15) is 12.8 Å². The van der Waals surface area contributed by atoms with Gasteiger partial charge in [0.2, 0.25) is 0 Å². The van der Waals surface area contributed by atoms with Crippen molar-refractivity contribution in [2.45, 2.75) is 25.4 Å². The molecule has 0 unspecified atom stereocenters. The van der Waals surface area contributed by atoms with Crippen LogP contribution in [0, 0.1) is 0 Å². The third-order valence-electron chi connectivity index (χ3n) is 3.33. The van der Waals surface area contributed by atoms with E-state index in [1.807, 2.05) is 4.90 Å². The van der Waals surface area contributed by atoms with Gasteiger partial charge in [-0.2, -0.15) is 0 Å². The number of hydrogen-bond acceptors (Lipinski definition) is 4. The Labute approximate surface area is 105 Å². The summed E-state index contributed by atoms with van der Waals surface area (Å²) in [6.45, 7) is 1.79. The van der Waals surface area contributed by atoms with Crippen molar-refractivity contribution in [3.8, 4) is 0 Å². The molecule has 1 aliphatic heterocycles. The molecule has 2 rings (SSSR count). The highest BCUT2D eigenvalue weighted by atomic mass is 16.4. The van der Waals surface area contributed by atoms with Crippen LogP contribution in [-0.4, -0.2) is 39.7 Å². The molecule has 0 spiro atoms. The van der Waals surface area contributed by atoms with Crippen LogP contribution in [0.5, 0.6) is 0 Å². The molecule has 1 aromatic rings. The van der Waals surface area contributed by atoms with Gasteiger partial charge in [0.15, 0.2) is 0 Å². The molecule has 1 fully saturated rings. The van der Waals surface area contributed by atoms with Gasteiger partial charge in [0, 0.05) is 19.3 Å². The van der Waals surface area contributed by atoms with Crippen LogP contribution in [0.25, 0.3) is 0 Å². The Balaban J connectivity index is 2.01. The van der Waals surface area contributed by atoms with Crippen LogP contribution >= 0.6 is 0 Å². The van der Waals surface area contributed by atoms with E-state index in [0.29, 0.717) is 19.5 Å². The summed E-state index contributed by atoms with van der Waals surface area (Å²) in [5.74, 6) is -0.785. The lowest BCUT2D eigenvalue weighted by atomic mass is 10.2. The minimum atomic E-state index is -0.785. The fourth-order valence-electron chi connectivity index (χ4n) is 2.34. The van der Waals surface area contributed by atoms with Gasteiger partial charge in [-0.3, -0.25) is 14.5 Å². The van der Waals surface area contributed by atoms with Gasteiger partial charge in [0.05, 0.1) is 5.69 Å². The highest BCUT2D eigenvalue weighted by Crippen LogP contribution is 2.16. The molecule has 6 heteroatoms. The molecular formula is C12H17N3O3. The van der Waals surface area contributed by atoms with E-state index in [1.165, 1.54) is 4.57 Å². The van der Waals surface area contributed by atoms with E-state index in [-0.39, 0.29) is 11.2 Å². The normalized spacial score (nSPS) is 20.1. The Morgan fingerprint density at radius 3 is 3.00 bits per heavy atom. The zero-order valence-corrected chi connectivity index (χ0v) is 10.1. The van der Waals surface area contributed by atoms with Crippen molar-refractivity contribution in [2.24, 2.45) is 0 Å². The Bertz CT molecular complexity index is 498. The maximum absolute atomic E-state index is 11.7. The van der Waals surface area contributed by atoms with E-state index in [9.17, 15) is 9.59 Å². The van der Waals surface area contributed by atoms with Crippen molar-refractivity contribution in [1.29, 1.82) is 0 Å². The van der Waals surface area contributed by atoms with Crippen LogP contribution in [0.2, 0.25) is 0 Å². The fourth-order valence-corrected chi connectivity index (χ4v) is 2.34. The number of aromatic nitrogens is 1. The van der Waals surface area contributed by atoms with Crippen LogP contribution in [0.4, 0.5) is 5.69 Å². The third kappa shape index (κ3) is 2.53. The number of carbonyl (C=O) groups is 1. The first kappa shape index (κ1) is 12.6. The van der Waals surface area contributed by atoms with Crippen LogP contribution in [0.15, 0.2) is 23.1 Å². The predicted octanol–water partition coefficient (Wildman–Crippen LogP) is -0.0205. The molecule has 18 heavy (non-hydrogen) atoms. The molecule has 0 amide bonds. The van der Waals surface area contributed by atoms with Crippen molar-refractivity contribution in [3.63, 3.8) is 0 Å². The summed E-state index contributed by atoms with van der Waals surface area (Å²) < 4.78 is 1.52. The molecule has 1 aliphatic rings. The van der Waals surface area contributed by atoms with Crippen LogP contribution < -0.4 is 11.3 Å². The Hall–Kier alpha value is -1.82. The number of pyridine rings is 1. The summed E-state index contributed by atoms with van der Waals surface area (Å²) in [6, 6.07) is 2.87. The number of aliphatic carboxylic acids is 1. The van der Waals surface area contributed by atoms with Crippen molar-refractivity contribution in [3.05, 3.63) is 28.7 Å². The van der Waals surface area contributed by atoms with Crippen molar-refractivity contribution < 1.29 is 9.90 Å². The number of hydrogen-bond donors (Lipinski definition) is 2. The molecule has 1 atom stereocenters. The average molecular weight is 251 g/mol. The highest BCUT2D eigenvalue weighted by molar-refractivity contribution is 5.73. The largest absolute Gasteiger partial charge is 0.480 e. The predicted molar refractivity (Wildman–Crippen MR) is 67.3 cm³/mol. The summed E-state index contributed by atoms with van der Waals surface area (Å²) in [6.07, 6.45) is 3.24. The van der Waals surface area contributed by atoms with Crippen LogP contribution in [0.3, 0.4) is 0 Å². The number of likely N-dealkylation sites (tertiary alicyclic amines) is 1. The SMILES string of the molecule is Nc1cccn(CCN2CCC[C@H]2C(=O)O)c1=O. The van der Waals surface area contributed by atoms with E-state index >= 15 is 0 Å². The molecule has 1 saturated heterocycles. The first-order chi connectivity index (χ1) is 8.59. The van der Waals surface area contributed by atoms with Gasteiger partial charge in [-0.1, -0.05) is 0 Å². The average Bonchev–Trinajstić information content (AvgIpc) is 2.79. The molecular weight excluding hydrogens is 234 g/mol. The fraction of sp³-hybridized carbons (Fsp3) is 0.500. The van der Waals surface area contributed by atoms with Crippen LogP contribution in [-0.2, 0) is 11.3 Å². The number of carboxylic acids is 1. The van der Waals surface area contributed by atoms with Gasteiger partial charge in [0.1, 0.15) is 6.04 Å². The molecule has 98 valence electrons. The summed E-state index contributed by atoms with van der Waals surface area (Å²) in [5, 5.41) is 9.05. The molecule has 1 aromatic heterocycles. The monoisotopic (exact) mass is 251 g/mol. The van der Waals surface area contributed by atoms with Crippen molar-refractivity contribution >= 4 is 11.7 Å². The summed E-state index contributed by atoms with van der Waals surface area (Å²) >= 11 is 0. The Morgan fingerprint density at radius 1 is 1.50 bits per heavy atom. The van der Waals surface area contributed by atoms with Crippen molar-refractivity contribution in [2.75, 3.05) is 18.8 Å². The highest BCUT2D eigenvalue weighted by Gasteiger charge is 2.29. The molecule has 0 bridgehead atoms. The number of rotatable bonds is 4. The van der Waals surface area contributed by atoms with E-state index < -0.39 is 12.0 Å². The molecule has 0 saturated carbocycles. The zero-order chi connectivity index (χ0) is 13.1. The number of anilines is 1. The maximum Gasteiger partial charge on any atom is 0.320 e. The van der Waals surface area contributed by atoms with Gasteiger partial charge >= 0.3 is 5.97 Å². The molecule has 3 N–H and O–H groups in total. The molecule has 0 aromatic carbocycles. The van der Waals surface area contributed by atoms with Gasteiger partial charge < -0.3 is 15.4 Å². The van der Waals surface area contributed by atoms with Gasteiger partial charge in [-0.05, 0) is 31.5 Å². The van der Waals surface area contributed by atoms with Gasteiger partial charge in [-0.15, -0.1) is 0 Å². The summed E-state index contributed by atoms with van der Waals surface area (Å²) in [5.41, 5.74) is 5.54. The number of nitrogens with zero attached hydrogens (tertiary/aromatic N) is 2. The third-order valence-corrected chi connectivity index (χ3v) is 3.33. The first-order valence-electron chi connectivity index (χ1n) is 6.01. The lowest BCUT2D eigenvalue weighted by Gasteiger charge is -2.21. The topological polar surface area (TPSA) is 88.6 Å². The lowest BCUT2D eigenvalue weighted by molar-refractivity contribution is -0.142. The summed E-state index contributed by atoms with van der Waals surface area (Å²) in [7, 11) is 0. The lowest BCUT2D eigenvalue weighted by Crippen LogP contribution is -2.39. The maximum atomic E-state index is 11.7. The number of nitrogen functional groups attached to an aromatic ring is 1. The second-order valence-corrected chi connectivity index (χ2v) is 4.49. The molecule has 6 nitrogen and oxygen atoms in total. The van der Waals surface area contributed by atoms with Gasteiger partial charge in [0.25, 0.3) is 5.56 Å². The number of carboxylic acid groups (broad SMARTS) is 1. The quantitative estimate of drug-likeness (QED) is 0.785. The minimum absolute atomic E-state index is 0.216. The Morgan fingerprint density at radius 2 is 2.28 bits per heavy atom. The smallest absolute Gasteiger partial charge is 0.320 e. The van der Waals surface area contributed by atoms with E-state index in [2.05, 4.69) is 0 Å². The zero-order valence-electron chi connectivity index (χ0n) is 10.1.